The number of rotatable bonds is 5. The monoisotopic (exact) mass is 281 g/mol. The molecule has 5 heteroatoms. The number of aliphatic hydroxyl groups excluding tert-OH is 1. The molecule has 1 amide bonds. The van der Waals surface area contributed by atoms with Crippen LogP contribution in [0.15, 0.2) is 18.2 Å². The molecule has 0 atom stereocenters. The van der Waals surface area contributed by atoms with Gasteiger partial charge in [-0.15, -0.1) is 0 Å². The van der Waals surface area contributed by atoms with Crippen molar-refractivity contribution < 1.29 is 19.0 Å². The lowest BCUT2D eigenvalue weighted by Crippen LogP contribution is -2.39. The van der Waals surface area contributed by atoms with Gasteiger partial charge in [0.25, 0.3) is 5.91 Å². The van der Waals surface area contributed by atoms with E-state index in [0.29, 0.717) is 5.56 Å². The van der Waals surface area contributed by atoms with Crippen LogP contribution >= 0.6 is 0 Å². The van der Waals surface area contributed by atoms with Crippen LogP contribution in [-0.2, 0) is 11.4 Å². The fraction of sp³-hybridized carbons (Fsp3) is 0.533. The molecular weight excluding hydrogens is 261 g/mol. The Morgan fingerprint density at radius 3 is 2.75 bits per heavy atom. The number of hydrogen-bond donors (Lipinski definition) is 2. The molecule has 1 saturated carbocycles. The average Bonchev–Trinajstić information content (AvgIpc) is 2.47. The molecular formula is C15H20FNO3. The van der Waals surface area contributed by atoms with Crippen LogP contribution in [0.3, 0.4) is 0 Å². The van der Waals surface area contributed by atoms with Crippen LogP contribution in [0.25, 0.3) is 0 Å². The average molecular weight is 281 g/mol. The highest BCUT2D eigenvalue weighted by Crippen LogP contribution is 2.19. The summed E-state index contributed by atoms with van der Waals surface area (Å²) in [4.78, 5) is 11.7. The summed E-state index contributed by atoms with van der Waals surface area (Å²) in [6.07, 6.45) is 5.52. The number of amides is 1. The predicted molar refractivity (Wildman–Crippen MR) is 72.8 cm³/mol. The SMILES string of the molecule is O=C(COc1ccc(CO)cc1F)NC1CCCCC1. The summed E-state index contributed by atoms with van der Waals surface area (Å²) in [6, 6.07) is 4.42. The van der Waals surface area contributed by atoms with Crippen molar-refractivity contribution in [3.63, 3.8) is 0 Å². The van der Waals surface area contributed by atoms with Crippen LogP contribution < -0.4 is 10.1 Å². The number of benzene rings is 1. The van der Waals surface area contributed by atoms with E-state index < -0.39 is 5.82 Å². The van der Waals surface area contributed by atoms with Crippen molar-refractivity contribution in [2.45, 2.75) is 44.8 Å². The molecule has 1 aliphatic carbocycles. The zero-order chi connectivity index (χ0) is 14.4. The van der Waals surface area contributed by atoms with E-state index in [-0.39, 0.29) is 30.9 Å². The van der Waals surface area contributed by atoms with Crippen LogP contribution in [0.4, 0.5) is 4.39 Å². The standard InChI is InChI=1S/C15H20FNO3/c16-13-8-11(9-18)6-7-14(13)20-10-15(19)17-12-4-2-1-3-5-12/h6-8,12,18H,1-5,9-10H2,(H,17,19). The van der Waals surface area contributed by atoms with Gasteiger partial charge < -0.3 is 15.2 Å². The van der Waals surface area contributed by atoms with Gasteiger partial charge in [0.05, 0.1) is 6.61 Å². The normalized spacial score (nSPS) is 15.9. The molecule has 0 bridgehead atoms. The Kier molecular flexibility index (Phi) is 5.35. The Balaban J connectivity index is 1.80. The second-order valence-electron chi connectivity index (χ2n) is 5.11. The van der Waals surface area contributed by atoms with Gasteiger partial charge in [0.15, 0.2) is 18.2 Å². The third-order valence-corrected chi connectivity index (χ3v) is 3.51. The zero-order valence-corrected chi connectivity index (χ0v) is 11.4. The van der Waals surface area contributed by atoms with Gasteiger partial charge in [-0.3, -0.25) is 4.79 Å². The van der Waals surface area contributed by atoms with E-state index >= 15 is 0 Å². The Labute approximate surface area is 117 Å². The van der Waals surface area contributed by atoms with Crippen LogP contribution in [0.1, 0.15) is 37.7 Å². The van der Waals surface area contributed by atoms with E-state index in [4.69, 9.17) is 9.84 Å². The Morgan fingerprint density at radius 1 is 1.35 bits per heavy atom. The molecule has 2 rings (SSSR count). The molecule has 1 aromatic rings. The fourth-order valence-electron chi connectivity index (χ4n) is 2.42. The summed E-state index contributed by atoms with van der Waals surface area (Å²) in [5.41, 5.74) is 0.474. The fourth-order valence-corrected chi connectivity index (χ4v) is 2.42. The molecule has 110 valence electrons. The first-order chi connectivity index (χ1) is 9.69. The van der Waals surface area contributed by atoms with Crippen LogP contribution in [0, 0.1) is 5.82 Å². The molecule has 0 saturated heterocycles. The van der Waals surface area contributed by atoms with Crippen molar-refractivity contribution in [1.29, 1.82) is 0 Å². The van der Waals surface area contributed by atoms with Gasteiger partial charge >= 0.3 is 0 Å². The third kappa shape index (κ3) is 4.20. The van der Waals surface area contributed by atoms with Gasteiger partial charge in [0.1, 0.15) is 0 Å². The largest absolute Gasteiger partial charge is 0.481 e. The molecule has 1 fully saturated rings. The Morgan fingerprint density at radius 2 is 2.10 bits per heavy atom. The van der Waals surface area contributed by atoms with Crippen molar-refractivity contribution in [3.8, 4) is 5.75 Å². The van der Waals surface area contributed by atoms with Crippen molar-refractivity contribution in [3.05, 3.63) is 29.6 Å². The molecule has 0 unspecified atom stereocenters. The number of carbonyl (C=O) groups excluding carboxylic acids is 1. The number of hydrogen-bond acceptors (Lipinski definition) is 3. The molecule has 2 N–H and O–H groups in total. The van der Waals surface area contributed by atoms with Gasteiger partial charge in [-0.1, -0.05) is 25.3 Å². The second kappa shape index (κ2) is 7.24. The van der Waals surface area contributed by atoms with E-state index in [9.17, 15) is 9.18 Å². The molecule has 0 aliphatic heterocycles. The van der Waals surface area contributed by atoms with Gasteiger partial charge in [-0.2, -0.15) is 0 Å². The van der Waals surface area contributed by atoms with Crippen molar-refractivity contribution in [2.75, 3.05) is 6.61 Å². The molecule has 1 aromatic carbocycles. The summed E-state index contributed by atoms with van der Waals surface area (Å²) >= 11 is 0. The summed E-state index contributed by atoms with van der Waals surface area (Å²) < 4.78 is 18.7. The minimum atomic E-state index is -0.568. The second-order valence-corrected chi connectivity index (χ2v) is 5.11. The summed E-state index contributed by atoms with van der Waals surface area (Å²) in [5, 5.41) is 11.8. The Hall–Kier alpha value is -1.62. The zero-order valence-electron chi connectivity index (χ0n) is 11.4. The van der Waals surface area contributed by atoms with Gasteiger partial charge in [0.2, 0.25) is 0 Å². The van der Waals surface area contributed by atoms with Gasteiger partial charge in [-0.05, 0) is 30.5 Å². The molecule has 0 heterocycles. The number of ether oxygens (including phenoxy) is 1. The van der Waals surface area contributed by atoms with E-state index in [1.165, 1.54) is 18.6 Å². The van der Waals surface area contributed by atoms with Gasteiger partial charge in [-0.25, -0.2) is 4.39 Å². The first-order valence-corrected chi connectivity index (χ1v) is 7.00. The number of aliphatic hydroxyl groups is 1. The van der Waals surface area contributed by atoms with Crippen molar-refractivity contribution >= 4 is 5.91 Å². The third-order valence-electron chi connectivity index (χ3n) is 3.51. The first kappa shape index (κ1) is 14.8. The molecule has 0 spiro atoms. The van der Waals surface area contributed by atoms with Crippen molar-refractivity contribution in [1.82, 2.24) is 5.32 Å². The Bertz CT molecular complexity index is 458. The molecule has 20 heavy (non-hydrogen) atoms. The van der Waals surface area contributed by atoms with Gasteiger partial charge in [0, 0.05) is 6.04 Å². The maximum atomic E-state index is 13.6. The smallest absolute Gasteiger partial charge is 0.258 e. The van der Waals surface area contributed by atoms with E-state index in [1.54, 1.807) is 6.07 Å². The van der Waals surface area contributed by atoms with Crippen LogP contribution in [0.2, 0.25) is 0 Å². The highest BCUT2D eigenvalue weighted by molar-refractivity contribution is 5.77. The highest BCUT2D eigenvalue weighted by atomic mass is 19.1. The minimum absolute atomic E-state index is 0.0287. The summed E-state index contributed by atoms with van der Waals surface area (Å²) in [6.45, 7) is -0.411. The molecule has 0 radical (unpaired) electrons. The molecule has 4 nitrogen and oxygen atoms in total. The summed E-state index contributed by atoms with van der Waals surface area (Å²) in [5.74, 6) is -0.759. The van der Waals surface area contributed by atoms with E-state index in [2.05, 4.69) is 5.32 Å². The minimum Gasteiger partial charge on any atom is -0.481 e. The predicted octanol–water partition coefficient (Wildman–Crippen LogP) is 2.15. The number of halogens is 1. The first-order valence-electron chi connectivity index (χ1n) is 7.00. The molecule has 1 aliphatic rings. The topological polar surface area (TPSA) is 58.6 Å². The van der Waals surface area contributed by atoms with E-state index in [1.807, 2.05) is 0 Å². The quantitative estimate of drug-likeness (QED) is 0.869. The lowest BCUT2D eigenvalue weighted by atomic mass is 9.95. The van der Waals surface area contributed by atoms with Crippen LogP contribution in [-0.4, -0.2) is 23.7 Å². The molecule has 0 aromatic heterocycles. The van der Waals surface area contributed by atoms with Crippen LogP contribution in [0.5, 0.6) is 5.75 Å². The van der Waals surface area contributed by atoms with E-state index in [0.717, 1.165) is 25.7 Å². The number of nitrogens with one attached hydrogen (secondary N) is 1. The highest BCUT2D eigenvalue weighted by Gasteiger charge is 2.16. The number of carbonyl (C=O) groups is 1. The lowest BCUT2D eigenvalue weighted by Gasteiger charge is -2.22. The maximum Gasteiger partial charge on any atom is 0.258 e. The maximum absolute atomic E-state index is 13.6. The van der Waals surface area contributed by atoms with Crippen molar-refractivity contribution in [2.24, 2.45) is 0 Å². The lowest BCUT2D eigenvalue weighted by molar-refractivity contribution is -0.124. The summed E-state index contributed by atoms with van der Waals surface area (Å²) in [7, 11) is 0.